The van der Waals surface area contributed by atoms with E-state index in [2.05, 4.69) is 20.8 Å². The molecule has 0 saturated carbocycles. The fourth-order valence-electron chi connectivity index (χ4n) is 9.15. The second-order valence-corrected chi connectivity index (χ2v) is 20.3. The molecule has 0 spiro atoms. The summed E-state index contributed by atoms with van der Waals surface area (Å²) in [5, 5.41) is 0. The van der Waals surface area contributed by atoms with Gasteiger partial charge < -0.3 is 14.2 Å². The molecule has 0 bridgehead atoms. The van der Waals surface area contributed by atoms with Crippen LogP contribution in [0.4, 0.5) is 0 Å². The van der Waals surface area contributed by atoms with Crippen molar-refractivity contribution < 1.29 is 28.6 Å². The molecule has 0 saturated heterocycles. The Morgan fingerprint density at radius 1 is 0.246 bits per heavy atom. The van der Waals surface area contributed by atoms with Gasteiger partial charge in [-0.2, -0.15) is 0 Å². The van der Waals surface area contributed by atoms with Gasteiger partial charge in [0.15, 0.2) is 6.10 Å². The fourth-order valence-corrected chi connectivity index (χ4v) is 9.15. The number of carbonyl (C=O) groups excluding carboxylic acids is 3. The third kappa shape index (κ3) is 53.2. The number of esters is 3. The Kier molecular flexibility index (Phi) is 53.7. The number of carbonyl (C=O) groups is 3. The van der Waals surface area contributed by atoms with Crippen molar-refractivity contribution in [2.45, 2.75) is 348 Å². The van der Waals surface area contributed by atoms with Gasteiger partial charge in [0.05, 0.1) is 0 Å². The minimum atomic E-state index is -0.760. The maximum atomic E-state index is 12.8. The molecule has 0 amide bonds. The lowest BCUT2D eigenvalue weighted by Crippen LogP contribution is -2.30. The van der Waals surface area contributed by atoms with Crippen LogP contribution in [0.5, 0.6) is 0 Å². The monoisotopic (exact) mass is 919 g/mol. The van der Waals surface area contributed by atoms with Gasteiger partial charge in [0, 0.05) is 19.3 Å². The van der Waals surface area contributed by atoms with Crippen molar-refractivity contribution in [3.63, 3.8) is 0 Å². The summed E-state index contributed by atoms with van der Waals surface area (Å²) in [5.41, 5.74) is 0. The summed E-state index contributed by atoms with van der Waals surface area (Å²) in [6.45, 7) is 6.69. The highest BCUT2D eigenvalue weighted by atomic mass is 16.6. The molecule has 0 aromatic carbocycles. The molecule has 65 heavy (non-hydrogen) atoms. The zero-order valence-corrected chi connectivity index (χ0v) is 44.3. The molecule has 386 valence electrons. The van der Waals surface area contributed by atoms with Gasteiger partial charge in [-0.25, -0.2) is 0 Å². The molecule has 0 aliphatic carbocycles. The van der Waals surface area contributed by atoms with Crippen molar-refractivity contribution in [2.75, 3.05) is 13.2 Å². The highest BCUT2D eigenvalue weighted by Gasteiger charge is 2.19. The molecule has 0 aliphatic rings. The third-order valence-corrected chi connectivity index (χ3v) is 13.6. The lowest BCUT2D eigenvalue weighted by molar-refractivity contribution is -0.167. The van der Waals surface area contributed by atoms with E-state index in [1.807, 2.05) is 0 Å². The molecule has 1 atom stereocenters. The molecule has 0 radical (unpaired) electrons. The van der Waals surface area contributed by atoms with E-state index in [1.54, 1.807) is 0 Å². The second kappa shape index (κ2) is 55.0. The molecular weight excluding hydrogens is 805 g/mol. The van der Waals surface area contributed by atoms with E-state index in [1.165, 1.54) is 244 Å². The van der Waals surface area contributed by atoms with Crippen molar-refractivity contribution >= 4 is 17.9 Å². The zero-order valence-electron chi connectivity index (χ0n) is 44.3. The Morgan fingerprint density at radius 3 is 0.615 bits per heavy atom. The Bertz CT molecular complexity index is 967. The first kappa shape index (κ1) is 63.4. The van der Waals surface area contributed by atoms with Crippen LogP contribution in [0.1, 0.15) is 342 Å². The molecule has 0 N–H and O–H groups in total. The van der Waals surface area contributed by atoms with Gasteiger partial charge in [-0.3, -0.25) is 14.4 Å². The SMILES string of the molecule is CCCCCCCCCCCCCCCCCCCCCCCCCCC(=O)OCC(COC(=O)CCCCCCCCCCCCC)OC(=O)CCCCCCCCCCCCCC. The summed E-state index contributed by atoms with van der Waals surface area (Å²) in [4.78, 5) is 38.0. The van der Waals surface area contributed by atoms with E-state index in [-0.39, 0.29) is 31.1 Å². The normalized spacial score (nSPS) is 11.9. The lowest BCUT2D eigenvalue weighted by atomic mass is 10.0. The minimum absolute atomic E-state index is 0.0614. The molecule has 0 heterocycles. The van der Waals surface area contributed by atoms with Gasteiger partial charge in [0.1, 0.15) is 13.2 Å². The first-order valence-corrected chi connectivity index (χ1v) is 29.5. The smallest absolute Gasteiger partial charge is 0.306 e. The number of rotatable bonds is 55. The molecule has 0 aromatic rings. The second-order valence-electron chi connectivity index (χ2n) is 20.3. The maximum Gasteiger partial charge on any atom is 0.306 e. The molecule has 6 heteroatoms. The molecular formula is C59H114O6. The van der Waals surface area contributed by atoms with Crippen LogP contribution in [0.3, 0.4) is 0 Å². The summed E-state index contributed by atoms with van der Waals surface area (Å²) >= 11 is 0. The van der Waals surface area contributed by atoms with Crippen LogP contribution in [-0.2, 0) is 28.6 Å². The van der Waals surface area contributed by atoms with Gasteiger partial charge in [-0.05, 0) is 19.3 Å². The minimum Gasteiger partial charge on any atom is -0.462 e. The van der Waals surface area contributed by atoms with Gasteiger partial charge in [-0.15, -0.1) is 0 Å². The van der Waals surface area contributed by atoms with Crippen molar-refractivity contribution in [3.05, 3.63) is 0 Å². The predicted octanol–water partition coefficient (Wildman–Crippen LogP) is 19.5. The first-order valence-electron chi connectivity index (χ1n) is 29.5. The van der Waals surface area contributed by atoms with E-state index in [9.17, 15) is 14.4 Å². The largest absolute Gasteiger partial charge is 0.462 e. The van der Waals surface area contributed by atoms with Crippen LogP contribution < -0.4 is 0 Å². The zero-order chi connectivity index (χ0) is 47.2. The number of unbranched alkanes of at least 4 members (excludes halogenated alkanes) is 44. The van der Waals surface area contributed by atoms with Gasteiger partial charge >= 0.3 is 17.9 Å². The van der Waals surface area contributed by atoms with Gasteiger partial charge in [0.2, 0.25) is 0 Å². The highest BCUT2D eigenvalue weighted by Crippen LogP contribution is 2.18. The Morgan fingerprint density at radius 2 is 0.415 bits per heavy atom. The molecule has 6 nitrogen and oxygen atoms in total. The maximum absolute atomic E-state index is 12.8. The lowest BCUT2D eigenvalue weighted by Gasteiger charge is -2.18. The van der Waals surface area contributed by atoms with E-state index >= 15 is 0 Å². The van der Waals surface area contributed by atoms with E-state index < -0.39 is 6.10 Å². The molecule has 0 aliphatic heterocycles. The predicted molar refractivity (Wildman–Crippen MR) is 280 cm³/mol. The van der Waals surface area contributed by atoms with Crippen molar-refractivity contribution in [3.8, 4) is 0 Å². The van der Waals surface area contributed by atoms with Crippen LogP contribution >= 0.6 is 0 Å². The fraction of sp³-hybridized carbons (Fsp3) is 0.949. The molecule has 1 unspecified atom stereocenters. The van der Waals surface area contributed by atoms with E-state index in [4.69, 9.17) is 14.2 Å². The van der Waals surface area contributed by atoms with Crippen LogP contribution in [0.15, 0.2) is 0 Å². The Hall–Kier alpha value is -1.59. The summed E-state index contributed by atoms with van der Waals surface area (Å²) in [7, 11) is 0. The summed E-state index contributed by atoms with van der Waals surface area (Å²) < 4.78 is 16.9. The number of hydrogen-bond donors (Lipinski definition) is 0. The highest BCUT2D eigenvalue weighted by molar-refractivity contribution is 5.71. The standard InChI is InChI=1S/C59H114O6/c1-4-7-10-13-16-19-22-24-25-26-27-28-29-30-31-32-33-34-35-38-40-43-46-49-52-58(61)64-55-56(54-63-57(60)51-48-45-42-39-36-21-18-15-12-9-6-3)65-59(62)53-50-47-44-41-37-23-20-17-14-11-8-5-2/h56H,4-55H2,1-3H3. The van der Waals surface area contributed by atoms with Crippen LogP contribution in [0, 0.1) is 0 Å². The Balaban J connectivity index is 4.13. The van der Waals surface area contributed by atoms with Crippen LogP contribution in [0.2, 0.25) is 0 Å². The average Bonchev–Trinajstić information content (AvgIpc) is 3.30. The van der Waals surface area contributed by atoms with Gasteiger partial charge in [-0.1, -0.05) is 303 Å². The summed E-state index contributed by atoms with van der Waals surface area (Å²) in [6.07, 6.45) is 61.1. The summed E-state index contributed by atoms with van der Waals surface area (Å²) in [6, 6.07) is 0. The van der Waals surface area contributed by atoms with Crippen molar-refractivity contribution in [2.24, 2.45) is 0 Å². The molecule has 0 aromatic heterocycles. The third-order valence-electron chi connectivity index (χ3n) is 13.6. The van der Waals surface area contributed by atoms with Crippen LogP contribution in [-0.4, -0.2) is 37.2 Å². The number of hydrogen-bond acceptors (Lipinski definition) is 6. The van der Waals surface area contributed by atoms with E-state index in [0.29, 0.717) is 19.3 Å². The molecule has 0 fully saturated rings. The van der Waals surface area contributed by atoms with Crippen molar-refractivity contribution in [1.29, 1.82) is 0 Å². The summed E-state index contributed by atoms with van der Waals surface area (Å²) in [5.74, 6) is -0.836. The van der Waals surface area contributed by atoms with Gasteiger partial charge in [0.25, 0.3) is 0 Å². The van der Waals surface area contributed by atoms with E-state index in [0.717, 1.165) is 57.8 Å². The van der Waals surface area contributed by atoms with Crippen LogP contribution in [0.25, 0.3) is 0 Å². The van der Waals surface area contributed by atoms with Crippen molar-refractivity contribution in [1.82, 2.24) is 0 Å². The first-order chi connectivity index (χ1) is 32.0. The quantitative estimate of drug-likeness (QED) is 0.0344. The number of ether oxygens (including phenoxy) is 3. The topological polar surface area (TPSA) is 78.9 Å². The average molecular weight is 920 g/mol. The Labute approximate surface area is 406 Å². The molecule has 0 rings (SSSR count).